The van der Waals surface area contributed by atoms with Crippen LogP contribution in [0.15, 0.2) is 76.1 Å². The van der Waals surface area contributed by atoms with E-state index < -0.39 is 29.0 Å². The van der Waals surface area contributed by atoms with Gasteiger partial charge in [0.1, 0.15) is 0 Å². The molecule has 2 aromatic carbocycles. The van der Waals surface area contributed by atoms with Gasteiger partial charge in [0, 0.05) is 16.7 Å². The quantitative estimate of drug-likeness (QED) is 0.257. The molecule has 12 heteroatoms. The van der Waals surface area contributed by atoms with E-state index in [1.807, 2.05) is 65.1 Å². The SMILES string of the molecule is CCOC(=O)CC(O)(c1cnc(Sc2ccc3c(ccc4nnc(-c5ccccc5)n43)c2)s1)C(F)(F)F. The highest BCUT2D eigenvalue weighted by molar-refractivity contribution is 8.01. The van der Waals surface area contributed by atoms with Gasteiger partial charge in [0.25, 0.3) is 0 Å². The summed E-state index contributed by atoms with van der Waals surface area (Å²) in [6.07, 6.45) is -5.38. The zero-order chi connectivity index (χ0) is 26.2. The predicted molar refractivity (Wildman–Crippen MR) is 133 cm³/mol. The number of esters is 1. The Morgan fingerprint density at radius 3 is 2.62 bits per heavy atom. The normalized spacial score (nSPS) is 13.6. The molecular formula is C25H19F3N4O3S2. The second-order valence-electron chi connectivity index (χ2n) is 8.07. The minimum atomic E-state index is -5.09. The molecule has 0 radical (unpaired) electrons. The van der Waals surface area contributed by atoms with Gasteiger partial charge in [-0.25, -0.2) is 4.98 Å². The van der Waals surface area contributed by atoms with Crippen LogP contribution in [0.2, 0.25) is 0 Å². The fraction of sp³-hybridized carbons (Fsp3) is 0.200. The van der Waals surface area contributed by atoms with Crippen molar-refractivity contribution >= 4 is 45.6 Å². The van der Waals surface area contributed by atoms with E-state index in [1.54, 1.807) is 0 Å². The lowest BCUT2D eigenvalue weighted by molar-refractivity contribution is -0.268. The smallest absolute Gasteiger partial charge is 0.422 e. The molecule has 0 saturated heterocycles. The second-order valence-corrected chi connectivity index (χ2v) is 10.4. The molecule has 1 N–H and O–H groups in total. The summed E-state index contributed by atoms with van der Waals surface area (Å²) in [5, 5.41) is 19.9. The monoisotopic (exact) mass is 544 g/mol. The average Bonchev–Trinajstić information content (AvgIpc) is 3.51. The number of hydrogen-bond donors (Lipinski definition) is 1. The topological polar surface area (TPSA) is 89.6 Å². The molecule has 0 amide bonds. The summed E-state index contributed by atoms with van der Waals surface area (Å²) in [6, 6.07) is 19.0. The molecule has 3 heterocycles. The Morgan fingerprint density at radius 1 is 1.11 bits per heavy atom. The van der Waals surface area contributed by atoms with E-state index in [9.17, 15) is 23.1 Å². The molecule has 0 fully saturated rings. The molecule has 0 spiro atoms. The first-order valence-electron chi connectivity index (χ1n) is 11.1. The van der Waals surface area contributed by atoms with E-state index in [0.29, 0.717) is 22.8 Å². The Balaban J connectivity index is 1.46. The molecule has 0 saturated carbocycles. The maximum absolute atomic E-state index is 13.8. The van der Waals surface area contributed by atoms with Crippen LogP contribution < -0.4 is 0 Å². The molecule has 0 aliphatic carbocycles. The third-order valence-corrected chi connectivity index (χ3v) is 7.86. The number of nitrogens with zero attached hydrogens (tertiary/aromatic N) is 4. The second kappa shape index (κ2) is 9.77. The highest BCUT2D eigenvalue weighted by atomic mass is 32.2. The Labute approximate surface area is 216 Å². The van der Waals surface area contributed by atoms with Crippen molar-refractivity contribution in [3.8, 4) is 11.4 Å². The lowest BCUT2D eigenvalue weighted by atomic mass is 9.97. The fourth-order valence-electron chi connectivity index (χ4n) is 3.86. The number of ether oxygens (including phenoxy) is 1. The Kier molecular flexibility index (Phi) is 6.65. The Morgan fingerprint density at radius 2 is 1.89 bits per heavy atom. The van der Waals surface area contributed by atoms with Crippen LogP contribution in [0, 0.1) is 0 Å². The number of pyridine rings is 1. The molecular weight excluding hydrogens is 525 g/mol. The number of carbonyl (C=O) groups excluding carboxylic acids is 1. The summed E-state index contributed by atoms with van der Waals surface area (Å²) >= 11 is 1.84. The third-order valence-electron chi connectivity index (χ3n) is 5.64. The predicted octanol–water partition coefficient (Wildman–Crippen LogP) is 5.86. The molecule has 7 nitrogen and oxygen atoms in total. The van der Waals surface area contributed by atoms with E-state index in [4.69, 9.17) is 0 Å². The lowest BCUT2D eigenvalue weighted by Gasteiger charge is -2.28. The van der Waals surface area contributed by atoms with E-state index in [0.717, 1.165) is 39.3 Å². The molecule has 5 rings (SSSR count). The van der Waals surface area contributed by atoms with Gasteiger partial charge in [-0.1, -0.05) is 42.1 Å². The summed E-state index contributed by atoms with van der Waals surface area (Å²) in [6.45, 7) is 1.39. The van der Waals surface area contributed by atoms with E-state index >= 15 is 0 Å². The highest BCUT2D eigenvalue weighted by Crippen LogP contribution is 2.46. The standard InChI is InChI=1S/C25H19F3N4O3S2/c1-2-35-21(33)13-24(34,25(26,27)28)19-14-29-23(37-19)36-17-9-10-18-16(12-17)8-11-20-30-31-22(32(18)20)15-6-4-3-5-7-15/h3-12,14,34H,2,13H2,1H3. The van der Waals surface area contributed by atoms with Gasteiger partial charge in [0.15, 0.2) is 15.8 Å². The van der Waals surface area contributed by atoms with Crippen LogP contribution in [0.1, 0.15) is 18.2 Å². The van der Waals surface area contributed by atoms with Crippen molar-refractivity contribution in [1.29, 1.82) is 0 Å². The number of rotatable bonds is 7. The zero-order valence-corrected chi connectivity index (χ0v) is 20.9. The van der Waals surface area contributed by atoms with Gasteiger partial charge >= 0.3 is 12.1 Å². The number of halogens is 3. The minimum absolute atomic E-state index is 0.0905. The minimum Gasteiger partial charge on any atom is -0.466 e. The summed E-state index contributed by atoms with van der Waals surface area (Å²) in [5.74, 6) is -0.450. The molecule has 37 heavy (non-hydrogen) atoms. The van der Waals surface area contributed by atoms with E-state index in [1.165, 1.54) is 6.92 Å². The van der Waals surface area contributed by atoms with Gasteiger partial charge in [-0.05, 0) is 42.6 Å². The lowest BCUT2D eigenvalue weighted by Crippen LogP contribution is -2.43. The van der Waals surface area contributed by atoms with E-state index in [-0.39, 0.29) is 10.9 Å². The van der Waals surface area contributed by atoms with Crippen molar-refractivity contribution < 1.29 is 27.8 Å². The van der Waals surface area contributed by atoms with Gasteiger partial charge < -0.3 is 9.84 Å². The number of benzene rings is 2. The van der Waals surface area contributed by atoms with Crippen molar-refractivity contribution in [3.05, 3.63) is 71.7 Å². The van der Waals surface area contributed by atoms with Crippen LogP contribution in [-0.2, 0) is 15.1 Å². The van der Waals surface area contributed by atoms with Crippen LogP contribution in [0.4, 0.5) is 13.2 Å². The van der Waals surface area contributed by atoms with Gasteiger partial charge in [-0.15, -0.1) is 21.5 Å². The van der Waals surface area contributed by atoms with Gasteiger partial charge in [-0.2, -0.15) is 13.2 Å². The number of fused-ring (bicyclic) bond motifs is 3. The number of aromatic nitrogens is 4. The number of alkyl halides is 3. The molecule has 3 aromatic heterocycles. The summed E-state index contributed by atoms with van der Waals surface area (Å²) < 4.78 is 48.1. The molecule has 190 valence electrons. The summed E-state index contributed by atoms with van der Waals surface area (Å²) in [4.78, 5) is 16.1. The molecule has 1 unspecified atom stereocenters. The van der Waals surface area contributed by atoms with Crippen LogP contribution in [0.5, 0.6) is 0 Å². The fourth-order valence-corrected chi connectivity index (χ4v) is 5.97. The maximum Gasteiger partial charge on any atom is 0.422 e. The largest absolute Gasteiger partial charge is 0.466 e. The molecule has 5 aromatic rings. The molecule has 1 atom stereocenters. The Bertz CT molecular complexity index is 1590. The Hall–Kier alpha value is -3.48. The van der Waals surface area contributed by atoms with Crippen LogP contribution in [-0.4, -0.2) is 43.4 Å². The molecule has 0 aliphatic rings. The van der Waals surface area contributed by atoms with Crippen molar-refractivity contribution in [2.45, 2.75) is 34.4 Å². The number of aliphatic hydroxyl groups is 1. The van der Waals surface area contributed by atoms with Crippen LogP contribution in [0.25, 0.3) is 27.9 Å². The maximum atomic E-state index is 13.8. The average molecular weight is 545 g/mol. The van der Waals surface area contributed by atoms with Crippen LogP contribution >= 0.6 is 23.1 Å². The number of hydrogen-bond acceptors (Lipinski definition) is 8. The van der Waals surface area contributed by atoms with Crippen molar-refractivity contribution in [2.24, 2.45) is 0 Å². The first-order chi connectivity index (χ1) is 17.7. The summed E-state index contributed by atoms with van der Waals surface area (Å²) in [5.41, 5.74) is -0.917. The molecule has 0 aliphatic heterocycles. The van der Waals surface area contributed by atoms with Gasteiger partial charge in [0.05, 0.1) is 23.4 Å². The number of carbonyl (C=O) groups is 1. The van der Waals surface area contributed by atoms with Gasteiger partial charge in [0.2, 0.25) is 5.60 Å². The zero-order valence-electron chi connectivity index (χ0n) is 19.3. The molecule has 0 bridgehead atoms. The summed E-state index contributed by atoms with van der Waals surface area (Å²) in [7, 11) is 0. The highest BCUT2D eigenvalue weighted by Gasteiger charge is 2.57. The van der Waals surface area contributed by atoms with Crippen molar-refractivity contribution in [1.82, 2.24) is 19.6 Å². The van der Waals surface area contributed by atoms with Crippen LogP contribution in [0.3, 0.4) is 0 Å². The first-order valence-corrected chi connectivity index (χ1v) is 12.7. The van der Waals surface area contributed by atoms with E-state index in [2.05, 4.69) is 19.9 Å². The number of thiazole rings is 1. The first kappa shape index (κ1) is 25.2. The van der Waals surface area contributed by atoms with Crippen molar-refractivity contribution in [2.75, 3.05) is 6.61 Å². The van der Waals surface area contributed by atoms with Gasteiger partial charge in [-0.3, -0.25) is 9.20 Å². The van der Waals surface area contributed by atoms with Crippen molar-refractivity contribution in [3.63, 3.8) is 0 Å². The third kappa shape index (κ3) is 4.79.